The van der Waals surface area contributed by atoms with Crippen LogP contribution in [-0.4, -0.2) is 37.5 Å². The number of carbonyl (C=O) groups is 1. The lowest BCUT2D eigenvalue weighted by molar-refractivity contribution is -0.135. The minimum atomic E-state index is 0.275. The van der Waals surface area contributed by atoms with Crippen LogP contribution in [0.3, 0.4) is 0 Å². The van der Waals surface area contributed by atoms with Crippen LogP contribution >= 0.6 is 0 Å². The Morgan fingerprint density at radius 3 is 2.35 bits per heavy atom. The molecule has 0 heterocycles. The van der Waals surface area contributed by atoms with Crippen molar-refractivity contribution >= 4 is 5.91 Å². The molecule has 1 N–H and O–H groups in total. The Morgan fingerprint density at radius 2 is 1.88 bits per heavy atom. The van der Waals surface area contributed by atoms with Crippen molar-refractivity contribution in [1.29, 1.82) is 0 Å². The molecule has 0 spiro atoms. The van der Waals surface area contributed by atoms with Gasteiger partial charge < -0.3 is 10.2 Å². The first-order valence-corrected chi connectivity index (χ1v) is 6.96. The molecule has 0 aromatic rings. The van der Waals surface area contributed by atoms with Gasteiger partial charge in [-0.3, -0.25) is 4.79 Å². The predicted octanol–water partition coefficient (Wildman–Crippen LogP) is 2.27. The predicted molar refractivity (Wildman–Crippen MR) is 71.9 cm³/mol. The molecule has 3 nitrogen and oxygen atoms in total. The van der Waals surface area contributed by atoms with Gasteiger partial charge in [-0.05, 0) is 45.1 Å². The smallest absolute Gasteiger partial charge is 0.225 e. The topological polar surface area (TPSA) is 32.3 Å². The zero-order chi connectivity index (χ0) is 12.8. The molecular weight excluding hydrogens is 212 g/mol. The lowest BCUT2D eigenvalue weighted by Gasteiger charge is -2.30. The zero-order valence-electron chi connectivity index (χ0n) is 11.8. The van der Waals surface area contributed by atoms with Crippen molar-refractivity contribution in [1.82, 2.24) is 10.2 Å². The zero-order valence-corrected chi connectivity index (χ0v) is 11.8. The molecule has 0 aromatic heterocycles. The van der Waals surface area contributed by atoms with E-state index in [2.05, 4.69) is 19.2 Å². The molecule has 1 saturated carbocycles. The van der Waals surface area contributed by atoms with Gasteiger partial charge in [0, 0.05) is 25.6 Å². The number of nitrogens with one attached hydrogen (secondary N) is 1. The molecule has 3 heteroatoms. The van der Waals surface area contributed by atoms with Crippen molar-refractivity contribution in [3.8, 4) is 0 Å². The monoisotopic (exact) mass is 240 g/mol. The maximum atomic E-state index is 12.2. The van der Waals surface area contributed by atoms with Crippen LogP contribution in [0.15, 0.2) is 0 Å². The van der Waals surface area contributed by atoms with Crippen LogP contribution in [0.5, 0.6) is 0 Å². The van der Waals surface area contributed by atoms with E-state index in [0.29, 0.717) is 17.9 Å². The Hall–Kier alpha value is -0.570. The SMILES string of the molecule is CNC1CCC(C(=O)N(C)CCC(C)C)CC1. The summed E-state index contributed by atoms with van der Waals surface area (Å²) in [6, 6.07) is 0.625. The largest absolute Gasteiger partial charge is 0.346 e. The second-order valence-electron chi connectivity index (χ2n) is 5.78. The maximum Gasteiger partial charge on any atom is 0.225 e. The average Bonchev–Trinajstić information content (AvgIpc) is 2.35. The van der Waals surface area contributed by atoms with Gasteiger partial charge >= 0.3 is 0 Å². The Bertz CT molecular complexity index is 232. The molecule has 1 aliphatic carbocycles. The van der Waals surface area contributed by atoms with Crippen LogP contribution in [0.1, 0.15) is 46.0 Å². The Balaban J connectivity index is 2.32. The van der Waals surface area contributed by atoms with E-state index in [1.165, 1.54) is 0 Å². The number of rotatable bonds is 5. The van der Waals surface area contributed by atoms with Gasteiger partial charge in [0.2, 0.25) is 5.91 Å². The molecule has 0 saturated heterocycles. The molecule has 1 amide bonds. The van der Waals surface area contributed by atoms with Gasteiger partial charge in [-0.2, -0.15) is 0 Å². The summed E-state index contributed by atoms with van der Waals surface area (Å²) < 4.78 is 0. The molecule has 0 aliphatic heterocycles. The Labute approximate surface area is 106 Å². The third-order valence-corrected chi connectivity index (χ3v) is 3.90. The summed E-state index contributed by atoms with van der Waals surface area (Å²) in [4.78, 5) is 14.1. The number of amides is 1. The minimum Gasteiger partial charge on any atom is -0.346 e. The van der Waals surface area contributed by atoms with Gasteiger partial charge in [-0.25, -0.2) is 0 Å². The first kappa shape index (κ1) is 14.5. The molecule has 0 radical (unpaired) electrons. The second-order valence-corrected chi connectivity index (χ2v) is 5.78. The van der Waals surface area contributed by atoms with Gasteiger partial charge in [-0.15, -0.1) is 0 Å². The standard InChI is InChI=1S/C14H28N2O/c1-11(2)9-10-16(4)14(17)12-5-7-13(15-3)8-6-12/h11-13,15H,5-10H2,1-4H3. The van der Waals surface area contributed by atoms with Gasteiger partial charge in [0.15, 0.2) is 0 Å². The highest BCUT2D eigenvalue weighted by Crippen LogP contribution is 2.25. The van der Waals surface area contributed by atoms with Crippen molar-refractivity contribution in [3.05, 3.63) is 0 Å². The van der Waals surface area contributed by atoms with E-state index in [1.807, 2.05) is 19.0 Å². The highest BCUT2D eigenvalue weighted by Gasteiger charge is 2.27. The van der Waals surface area contributed by atoms with Crippen molar-refractivity contribution in [2.24, 2.45) is 11.8 Å². The van der Waals surface area contributed by atoms with Crippen molar-refractivity contribution in [3.63, 3.8) is 0 Å². The maximum absolute atomic E-state index is 12.2. The summed E-state index contributed by atoms with van der Waals surface area (Å²) in [7, 11) is 3.97. The van der Waals surface area contributed by atoms with E-state index >= 15 is 0 Å². The van der Waals surface area contributed by atoms with Crippen molar-refractivity contribution in [2.45, 2.75) is 52.0 Å². The summed E-state index contributed by atoms with van der Waals surface area (Å²) in [6.45, 7) is 5.31. The average molecular weight is 240 g/mol. The highest BCUT2D eigenvalue weighted by molar-refractivity contribution is 5.78. The quantitative estimate of drug-likeness (QED) is 0.799. The molecule has 1 aliphatic rings. The highest BCUT2D eigenvalue weighted by atomic mass is 16.2. The fourth-order valence-electron chi connectivity index (χ4n) is 2.50. The summed E-state index contributed by atoms with van der Waals surface area (Å²) in [5.41, 5.74) is 0. The van der Waals surface area contributed by atoms with E-state index in [9.17, 15) is 4.79 Å². The lowest BCUT2D eigenvalue weighted by Crippen LogP contribution is -2.38. The van der Waals surface area contributed by atoms with E-state index in [-0.39, 0.29) is 5.92 Å². The molecule has 1 fully saturated rings. The molecule has 0 aromatic carbocycles. The van der Waals surface area contributed by atoms with Crippen LogP contribution < -0.4 is 5.32 Å². The minimum absolute atomic E-state index is 0.275. The number of carbonyl (C=O) groups excluding carboxylic acids is 1. The van der Waals surface area contributed by atoms with Crippen LogP contribution in [-0.2, 0) is 4.79 Å². The van der Waals surface area contributed by atoms with Gasteiger partial charge in [0.05, 0.1) is 0 Å². The summed E-state index contributed by atoms with van der Waals surface area (Å²) in [6.07, 6.45) is 5.50. The molecule has 17 heavy (non-hydrogen) atoms. The first-order valence-electron chi connectivity index (χ1n) is 6.96. The van der Waals surface area contributed by atoms with Crippen LogP contribution in [0.2, 0.25) is 0 Å². The second kappa shape index (κ2) is 7.00. The Kier molecular flexibility index (Phi) is 5.96. The number of nitrogens with zero attached hydrogens (tertiary/aromatic N) is 1. The van der Waals surface area contributed by atoms with E-state index < -0.39 is 0 Å². The molecule has 1 rings (SSSR count). The fourth-order valence-corrected chi connectivity index (χ4v) is 2.50. The van der Waals surface area contributed by atoms with E-state index in [4.69, 9.17) is 0 Å². The first-order chi connectivity index (χ1) is 8.04. The molecule has 0 unspecified atom stereocenters. The van der Waals surface area contributed by atoms with Gasteiger partial charge in [0.1, 0.15) is 0 Å². The summed E-state index contributed by atoms with van der Waals surface area (Å²) in [5, 5.41) is 3.31. The molecular formula is C14H28N2O. The van der Waals surface area contributed by atoms with Crippen molar-refractivity contribution < 1.29 is 4.79 Å². The van der Waals surface area contributed by atoms with Crippen molar-refractivity contribution in [2.75, 3.05) is 20.6 Å². The van der Waals surface area contributed by atoms with Crippen LogP contribution in [0.4, 0.5) is 0 Å². The van der Waals surface area contributed by atoms with Crippen LogP contribution in [0, 0.1) is 11.8 Å². The molecule has 0 atom stereocenters. The number of hydrogen-bond acceptors (Lipinski definition) is 2. The summed E-state index contributed by atoms with van der Waals surface area (Å²) in [5.74, 6) is 1.31. The normalized spacial score (nSPS) is 25.0. The lowest BCUT2D eigenvalue weighted by atomic mass is 9.85. The summed E-state index contributed by atoms with van der Waals surface area (Å²) >= 11 is 0. The fraction of sp³-hybridized carbons (Fsp3) is 0.929. The molecule has 100 valence electrons. The van der Waals surface area contributed by atoms with Gasteiger partial charge in [0.25, 0.3) is 0 Å². The molecule has 0 bridgehead atoms. The third-order valence-electron chi connectivity index (χ3n) is 3.90. The Morgan fingerprint density at radius 1 is 1.29 bits per heavy atom. The number of hydrogen-bond donors (Lipinski definition) is 1. The van der Waals surface area contributed by atoms with Gasteiger partial charge in [-0.1, -0.05) is 13.8 Å². The van der Waals surface area contributed by atoms with E-state index in [1.54, 1.807) is 0 Å². The van der Waals surface area contributed by atoms with Crippen LogP contribution in [0.25, 0.3) is 0 Å². The van der Waals surface area contributed by atoms with E-state index in [0.717, 1.165) is 38.6 Å². The third kappa shape index (κ3) is 4.66.